The Bertz CT molecular complexity index is 433. The van der Waals surface area contributed by atoms with E-state index in [1.165, 1.54) is 11.3 Å². The smallest absolute Gasteiger partial charge is 0.242 e. The van der Waals surface area contributed by atoms with Crippen molar-refractivity contribution in [3.05, 3.63) is 16.1 Å². The number of piperidine rings is 1. The van der Waals surface area contributed by atoms with E-state index in [2.05, 4.69) is 10.3 Å². The fraction of sp³-hybridized carbons (Fsp3) is 0.692. The summed E-state index contributed by atoms with van der Waals surface area (Å²) in [5.74, 6) is 0.190. The molecule has 1 aromatic heterocycles. The van der Waals surface area contributed by atoms with Crippen LogP contribution >= 0.6 is 36.2 Å². The van der Waals surface area contributed by atoms with Crippen LogP contribution in [0.15, 0.2) is 5.51 Å². The van der Waals surface area contributed by atoms with Gasteiger partial charge in [0.15, 0.2) is 0 Å². The molecule has 20 heavy (non-hydrogen) atoms. The Balaban J connectivity index is 0.00000180. The van der Waals surface area contributed by atoms with Crippen molar-refractivity contribution >= 4 is 42.1 Å². The van der Waals surface area contributed by atoms with Gasteiger partial charge in [-0.15, -0.1) is 36.2 Å². The number of thiazole rings is 1. The SMILES string of the molecule is Cc1ncsc1CN(C)C(=O)C1(C)CCCCN1.Cl.Cl. The van der Waals surface area contributed by atoms with Crippen LogP contribution in [0.3, 0.4) is 0 Å². The number of hydrogen-bond acceptors (Lipinski definition) is 4. The molecule has 0 radical (unpaired) electrons. The molecule has 1 saturated heterocycles. The number of amides is 1. The van der Waals surface area contributed by atoms with Crippen LogP contribution in [0, 0.1) is 6.92 Å². The summed E-state index contributed by atoms with van der Waals surface area (Å²) in [6.07, 6.45) is 3.22. The lowest BCUT2D eigenvalue weighted by atomic mass is 9.89. The Morgan fingerprint density at radius 3 is 2.70 bits per heavy atom. The van der Waals surface area contributed by atoms with Crippen LogP contribution in [0.1, 0.15) is 36.8 Å². The highest BCUT2D eigenvalue weighted by Gasteiger charge is 2.36. The number of hydrogen-bond donors (Lipinski definition) is 1. The summed E-state index contributed by atoms with van der Waals surface area (Å²) >= 11 is 1.62. The average molecular weight is 340 g/mol. The second kappa shape index (κ2) is 8.17. The second-order valence-corrected chi connectivity index (χ2v) is 6.18. The predicted octanol–water partition coefficient (Wildman–Crippen LogP) is 2.79. The molecule has 1 atom stereocenters. The minimum Gasteiger partial charge on any atom is -0.339 e. The van der Waals surface area contributed by atoms with Crippen LogP contribution in [0.25, 0.3) is 0 Å². The Hall–Kier alpha value is -0.360. The van der Waals surface area contributed by atoms with Crippen LogP contribution in [0.2, 0.25) is 0 Å². The summed E-state index contributed by atoms with van der Waals surface area (Å²) in [6.45, 7) is 5.61. The number of nitrogens with zero attached hydrogens (tertiary/aromatic N) is 2. The summed E-state index contributed by atoms with van der Waals surface area (Å²) in [4.78, 5) is 19.7. The van der Waals surface area contributed by atoms with Gasteiger partial charge in [0.25, 0.3) is 0 Å². The van der Waals surface area contributed by atoms with Crippen LogP contribution in [0.5, 0.6) is 0 Å². The Labute approximate surface area is 137 Å². The van der Waals surface area contributed by atoms with Gasteiger partial charge >= 0.3 is 0 Å². The third-order valence-electron chi connectivity index (χ3n) is 3.66. The molecule has 0 spiro atoms. The third kappa shape index (κ3) is 4.32. The lowest BCUT2D eigenvalue weighted by Gasteiger charge is -2.36. The number of likely N-dealkylation sites (N-methyl/N-ethyl adjacent to an activating group) is 1. The minimum atomic E-state index is -0.383. The van der Waals surface area contributed by atoms with E-state index in [-0.39, 0.29) is 36.3 Å². The lowest BCUT2D eigenvalue weighted by molar-refractivity contribution is -0.137. The summed E-state index contributed by atoms with van der Waals surface area (Å²) in [5, 5.41) is 3.37. The first-order chi connectivity index (χ1) is 8.53. The Kier molecular flexibility index (Phi) is 8.03. The van der Waals surface area contributed by atoms with Crippen LogP contribution < -0.4 is 5.32 Å². The number of aromatic nitrogens is 1. The average Bonchev–Trinajstić information content (AvgIpc) is 2.75. The number of aryl methyl sites for hydroxylation is 1. The molecule has 0 aromatic carbocycles. The van der Waals surface area contributed by atoms with Crippen LogP contribution in [-0.2, 0) is 11.3 Å². The third-order valence-corrected chi connectivity index (χ3v) is 4.58. The molecule has 0 aliphatic carbocycles. The van der Waals surface area contributed by atoms with Crippen molar-refractivity contribution in [2.24, 2.45) is 0 Å². The van der Waals surface area contributed by atoms with Crippen molar-refractivity contribution in [2.45, 2.75) is 45.2 Å². The normalized spacial score (nSPS) is 21.6. The van der Waals surface area contributed by atoms with E-state index in [0.29, 0.717) is 6.54 Å². The molecule has 4 nitrogen and oxygen atoms in total. The van der Waals surface area contributed by atoms with E-state index < -0.39 is 0 Å². The summed E-state index contributed by atoms with van der Waals surface area (Å²) in [6, 6.07) is 0. The molecule has 0 saturated carbocycles. The fourth-order valence-electron chi connectivity index (χ4n) is 2.43. The molecule has 1 unspecified atom stereocenters. The molecular formula is C13H23Cl2N3OS. The maximum absolute atomic E-state index is 12.5. The molecule has 2 heterocycles. The predicted molar refractivity (Wildman–Crippen MR) is 88.1 cm³/mol. The largest absolute Gasteiger partial charge is 0.339 e. The van der Waals surface area contributed by atoms with Crippen molar-refractivity contribution in [1.82, 2.24) is 15.2 Å². The lowest BCUT2D eigenvalue weighted by Crippen LogP contribution is -2.57. The van der Waals surface area contributed by atoms with E-state index in [0.717, 1.165) is 25.1 Å². The number of carbonyl (C=O) groups excluding carboxylic acids is 1. The number of halogens is 2. The summed E-state index contributed by atoms with van der Waals surface area (Å²) in [5.41, 5.74) is 2.48. The zero-order valence-electron chi connectivity index (χ0n) is 12.1. The van der Waals surface area contributed by atoms with Gasteiger partial charge in [-0.2, -0.15) is 0 Å². The van der Waals surface area contributed by atoms with Gasteiger partial charge in [0.05, 0.1) is 23.3 Å². The van der Waals surface area contributed by atoms with Gasteiger partial charge in [0.2, 0.25) is 5.91 Å². The number of carbonyl (C=O) groups is 1. The first kappa shape index (κ1) is 19.6. The van der Waals surface area contributed by atoms with E-state index in [1.807, 2.05) is 31.3 Å². The van der Waals surface area contributed by atoms with Gasteiger partial charge in [-0.1, -0.05) is 0 Å². The first-order valence-electron chi connectivity index (χ1n) is 6.42. The van der Waals surface area contributed by atoms with Gasteiger partial charge < -0.3 is 10.2 Å². The fourth-order valence-corrected chi connectivity index (χ4v) is 3.25. The van der Waals surface area contributed by atoms with E-state index in [4.69, 9.17) is 0 Å². The van der Waals surface area contributed by atoms with Crippen molar-refractivity contribution in [1.29, 1.82) is 0 Å². The summed E-state index contributed by atoms with van der Waals surface area (Å²) < 4.78 is 0. The van der Waals surface area contributed by atoms with Crippen molar-refractivity contribution in [3.8, 4) is 0 Å². The van der Waals surface area contributed by atoms with Crippen molar-refractivity contribution in [3.63, 3.8) is 0 Å². The molecule has 116 valence electrons. The van der Waals surface area contributed by atoms with Gasteiger partial charge in [0.1, 0.15) is 0 Å². The van der Waals surface area contributed by atoms with Crippen molar-refractivity contribution in [2.75, 3.05) is 13.6 Å². The molecule has 2 rings (SSSR count). The molecule has 1 amide bonds. The molecule has 1 N–H and O–H groups in total. The highest BCUT2D eigenvalue weighted by molar-refractivity contribution is 7.09. The van der Waals surface area contributed by atoms with Gasteiger partial charge in [-0.3, -0.25) is 4.79 Å². The van der Waals surface area contributed by atoms with Gasteiger partial charge in [-0.25, -0.2) is 4.98 Å². The Morgan fingerprint density at radius 2 is 2.20 bits per heavy atom. The molecule has 7 heteroatoms. The number of rotatable bonds is 3. The van der Waals surface area contributed by atoms with Crippen molar-refractivity contribution < 1.29 is 4.79 Å². The van der Waals surface area contributed by atoms with Gasteiger partial charge in [-0.05, 0) is 39.7 Å². The maximum atomic E-state index is 12.5. The standard InChI is InChI=1S/C13H21N3OS.2ClH/c1-10-11(18-9-14-10)8-16(3)12(17)13(2)6-4-5-7-15-13;;/h9,15H,4-8H2,1-3H3;2*1H. The number of nitrogens with one attached hydrogen (secondary N) is 1. The highest BCUT2D eigenvalue weighted by atomic mass is 35.5. The van der Waals surface area contributed by atoms with Crippen LogP contribution in [-0.4, -0.2) is 34.9 Å². The maximum Gasteiger partial charge on any atom is 0.242 e. The minimum absolute atomic E-state index is 0. The van der Waals surface area contributed by atoms with E-state index >= 15 is 0 Å². The molecule has 0 bridgehead atoms. The van der Waals surface area contributed by atoms with E-state index in [9.17, 15) is 4.79 Å². The topological polar surface area (TPSA) is 45.2 Å². The zero-order chi connectivity index (χ0) is 13.2. The molecule has 1 aliphatic rings. The monoisotopic (exact) mass is 339 g/mol. The summed E-state index contributed by atoms with van der Waals surface area (Å²) in [7, 11) is 1.88. The van der Waals surface area contributed by atoms with Crippen LogP contribution in [0.4, 0.5) is 0 Å². The zero-order valence-corrected chi connectivity index (χ0v) is 14.6. The molecule has 1 fully saturated rings. The second-order valence-electron chi connectivity index (χ2n) is 5.24. The molecule has 1 aliphatic heterocycles. The Morgan fingerprint density at radius 1 is 1.50 bits per heavy atom. The highest BCUT2D eigenvalue weighted by Crippen LogP contribution is 2.22. The molecule has 1 aromatic rings. The van der Waals surface area contributed by atoms with E-state index in [1.54, 1.807) is 11.3 Å². The van der Waals surface area contributed by atoms with Gasteiger partial charge in [0, 0.05) is 11.9 Å². The quantitative estimate of drug-likeness (QED) is 0.920. The first-order valence-corrected chi connectivity index (χ1v) is 7.30. The molecular weight excluding hydrogens is 317 g/mol.